The van der Waals surface area contributed by atoms with Crippen molar-refractivity contribution in [3.8, 4) is 0 Å². The second kappa shape index (κ2) is 9.44. The van der Waals surface area contributed by atoms with Gasteiger partial charge in [-0.3, -0.25) is 4.79 Å². The second-order valence-corrected chi connectivity index (χ2v) is 10.3. The van der Waals surface area contributed by atoms with Crippen molar-refractivity contribution in [1.82, 2.24) is 14.5 Å². The highest BCUT2D eigenvalue weighted by molar-refractivity contribution is 7.90. The molecule has 0 radical (unpaired) electrons. The van der Waals surface area contributed by atoms with Gasteiger partial charge in [0.2, 0.25) is 15.0 Å². The molecule has 11 heteroatoms. The van der Waals surface area contributed by atoms with Crippen molar-refractivity contribution in [1.29, 1.82) is 0 Å². The maximum atomic E-state index is 13.6. The number of nitrogens with zero attached hydrogens (tertiary/aromatic N) is 3. The topological polar surface area (TPSA) is 72.3 Å². The van der Waals surface area contributed by atoms with Gasteiger partial charge in [0.05, 0.1) is 29.8 Å². The fourth-order valence-corrected chi connectivity index (χ4v) is 5.42. The summed E-state index contributed by atoms with van der Waals surface area (Å²) in [5.41, 5.74) is -0.266. The van der Waals surface area contributed by atoms with Crippen LogP contribution < -0.4 is 0 Å². The first kappa shape index (κ1) is 24.9. The van der Waals surface area contributed by atoms with Crippen LogP contribution in [-0.4, -0.2) is 35.3 Å². The average molecular weight is 510 g/mol. The molecule has 0 unspecified atom stereocenters. The molecule has 4 rings (SSSR count). The highest BCUT2D eigenvalue weighted by Gasteiger charge is 2.35. The number of hydrogen-bond donors (Lipinski definition) is 0. The second-order valence-electron chi connectivity index (χ2n) is 8.42. The summed E-state index contributed by atoms with van der Waals surface area (Å²) >= 11 is 0. The van der Waals surface area contributed by atoms with Gasteiger partial charge in [-0.1, -0.05) is 24.3 Å². The van der Waals surface area contributed by atoms with Crippen LogP contribution in [-0.2, 0) is 28.3 Å². The summed E-state index contributed by atoms with van der Waals surface area (Å²) in [6.45, 7) is 2.09. The maximum absolute atomic E-state index is 13.6. The lowest BCUT2D eigenvalue weighted by molar-refractivity contribution is -0.137. The predicted octanol–water partition coefficient (Wildman–Crippen LogP) is 5.01. The zero-order valence-corrected chi connectivity index (χ0v) is 19.6. The molecule has 6 nitrogen and oxygen atoms in total. The first-order valence-corrected chi connectivity index (χ1v) is 12.6. The predicted molar refractivity (Wildman–Crippen MR) is 120 cm³/mol. The summed E-state index contributed by atoms with van der Waals surface area (Å²) in [7, 11) is -4.08. The van der Waals surface area contributed by atoms with Gasteiger partial charge >= 0.3 is 6.18 Å². The van der Waals surface area contributed by atoms with Crippen LogP contribution in [0.2, 0.25) is 0 Å². The van der Waals surface area contributed by atoms with Gasteiger partial charge in [0.1, 0.15) is 5.82 Å². The van der Waals surface area contributed by atoms with E-state index < -0.39 is 39.1 Å². The monoisotopic (exact) mass is 509 g/mol. The van der Waals surface area contributed by atoms with E-state index in [1.165, 1.54) is 41.4 Å². The number of hydrogen-bond acceptors (Lipinski definition) is 4. The highest BCUT2D eigenvalue weighted by Crippen LogP contribution is 2.39. The van der Waals surface area contributed by atoms with Gasteiger partial charge in [-0.15, -0.1) is 0 Å². The number of halogens is 4. The maximum Gasteiger partial charge on any atom is 0.416 e. The van der Waals surface area contributed by atoms with Crippen LogP contribution in [0.5, 0.6) is 0 Å². The third-order valence-electron chi connectivity index (χ3n) is 5.73. The molecule has 1 saturated carbocycles. The van der Waals surface area contributed by atoms with Crippen LogP contribution in [0.15, 0.2) is 59.9 Å². The molecule has 35 heavy (non-hydrogen) atoms. The largest absolute Gasteiger partial charge is 0.416 e. The van der Waals surface area contributed by atoms with Crippen molar-refractivity contribution >= 4 is 15.7 Å². The Bertz CT molecular complexity index is 1350. The van der Waals surface area contributed by atoms with Crippen LogP contribution in [0.3, 0.4) is 0 Å². The minimum Gasteiger partial charge on any atom is -0.333 e. The third kappa shape index (κ3) is 5.55. The SMILES string of the molecule is CCN(Cc1cnc(S(=O)(=O)Cc2cccc(C(F)(F)F)c2)n1C1CC1)C(=O)c1cccc(F)c1. The number of carbonyl (C=O) groups is 1. The van der Waals surface area contributed by atoms with Gasteiger partial charge in [0.25, 0.3) is 5.91 Å². The number of amides is 1. The lowest BCUT2D eigenvalue weighted by Crippen LogP contribution is -2.31. The highest BCUT2D eigenvalue weighted by atomic mass is 32.2. The van der Waals surface area contributed by atoms with E-state index in [0.717, 1.165) is 31.0 Å². The van der Waals surface area contributed by atoms with Crippen molar-refractivity contribution in [2.45, 2.75) is 49.4 Å². The molecule has 2 aromatic carbocycles. The third-order valence-corrected chi connectivity index (χ3v) is 7.31. The first-order chi connectivity index (χ1) is 16.5. The van der Waals surface area contributed by atoms with Gasteiger partial charge in [0, 0.05) is 18.2 Å². The van der Waals surface area contributed by atoms with Gasteiger partial charge in [0.15, 0.2) is 0 Å². The Morgan fingerprint density at radius 3 is 2.49 bits per heavy atom. The quantitative estimate of drug-likeness (QED) is 0.400. The molecule has 0 atom stereocenters. The van der Waals surface area contributed by atoms with E-state index in [1.807, 2.05) is 0 Å². The van der Waals surface area contributed by atoms with Crippen molar-refractivity contribution in [2.75, 3.05) is 6.54 Å². The van der Waals surface area contributed by atoms with E-state index in [0.29, 0.717) is 5.69 Å². The minimum absolute atomic E-state index is 0.00295. The summed E-state index contributed by atoms with van der Waals surface area (Å²) in [4.78, 5) is 18.5. The minimum atomic E-state index is -4.59. The first-order valence-electron chi connectivity index (χ1n) is 11.0. The van der Waals surface area contributed by atoms with E-state index in [1.54, 1.807) is 11.5 Å². The Labute approximate surface area is 200 Å². The summed E-state index contributed by atoms with van der Waals surface area (Å²) in [6, 6.07) is 9.37. The van der Waals surface area contributed by atoms with Gasteiger partial charge in [-0.05, 0) is 49.6 Å². The van der Waals surface area contributed by atoms with Crippen molar-refractivity contribution < 1.29 is 30.8 Å². The van der Waals surface area contributed by atoms with E-state index in [9.17, 15) is 30.8 Å². The standard InChI is InChI=1S/C24H23F4N3O3S/c1-2-30(22(32)17-6-4-8-19(25)12-17)14-21-13-29-23(31(21)20-9-10-20)35(33,34)15-16-5-3-7-18(11-16)24(26,27)28/h3-8,11-13,20H,2,9-10,14-15H2,1H3. The molecule has 0 N–H and O–H groups in total. The number of imidazole rings is 1. The van der Waals surface area contributed by atoms with E-state index in [-0.39, 0.29) is 35.4 Å². The van der Waals surface area contributed by atoms with E-state index in [2.05, 4.69) is 4.98 Å². The Hall–Kier alpha value is -3.21. The molecule has 1 amide bonds. The summed E-state index contributed by atoms with van der Waals surface area (Å²) in [6.07, 6.45) is -1.77. The molecule has 1 heterocycles. The number of benzene rings is 2. The summed E-state index contributed by atoms with van der Waals surface area (Å²) < 4.78 is 80.7. The smallest absolute Gasteiger partial charge is 0.333 e. The fourth-order valence-electron chi connectivity index (χ4n) is 3.90. The van der Waals surface area contributed by atoms with Crippen LogP contribution in [0.25, 0.3) is 0 Å². The molecule has 186 valence electrons. The molecule has 1 aromatic heterocycles. The van der Waals surface area contributed by atoms with Gasteiger partial charge < -0.3 is 9.47 Å². The number of sulfone groups is 1. The Morgan fingerprint density at radius 1 is 1.14 bits per heavy atom. The number of carbonyl (C=O) groups excluding carboxylic acids is 1. The van der Waals surface area contributed by atoms with Crippen molar-refractivity contribution in [3.63, 3.8) is 0 Å². The lowest BCUT2D eigenvalue weighted by Gasteiger charge is -2.22. The van der Waals surface area contributed by atoms with Gasteiger partial charge in [-0.25, -0.2) is 17.8 Å². The van der Waals surface area contributed by atoms with Crippen LogP contribution in [0.1, 0.15) is 53.0 Å². The van der Waals surface area contributed by atoms with Crippen LogP contribution in [0.4, 0.5) is 17.6 Å². The number of alkyl halides is 3. The molecular formula is C24H23F4N3O3S. The lowest BCUT2D eigenvalue weighted by atomic mass is 10.1. The summed E-state index contributed by atoms with van der Waals surface area (Å²) in [5, 5.41) is -0.235. The Balaban J connectivity index is 1.62. The zero-order chi connectivity index (χ0) is 25.4. The molecule has 0 saturated heterocycles. The molecule has 1 fully saturated rings. The average Bonchev–Trinajstić information content (AvgIpc) is 3.55. The zero-order valence-electron chi connectivity index (χ0n) is 18.8. The summed E-state index contributed by atoms with van der Waals surface area (Å²) in [5.74, 6) is -1.60. The fraction of sp³-hybridized carbons (Fsp3) is 0.333. The molecule has 3 aromatic rings. The Kier molecular flexibility index (Phi) is 6.72. The van der Waals surface area contributed by atoms with E-state index >= 15 is 0 Å². The van der Waals surface area contributed by atoms with Crippen LogP contribution >= 0.6 is 0 Å². The van der Waals surface area contributed by atoms with Crippen molar-refractivity contribution in [3.05, 3.63) is 82.9 Å². The van der Waals surface area contributed by atoms with E-state index in [4.69, 9.17) is 0 Å². The number of rotatable bonds is 8. The van der Waals surface area contributed by atoms with Crippen molar-refractivity contribution in [2.24, 2.45) is 0 Å². The number of aromatic nitrogens is 2. The molecule has 0 bridgehead atoms. The van der Waals surface area contributed by atoms with Crippen LogP contribution in [0, 0.1) is 5.82 Å². The molecule has 1 aliphatic rings. The molecular weight excluding hydrogens is 486 g/mol. The normalized spacial score (nSPS) is 14.2. The van der Waals surface area contributed by atoms with Gasteiger partial charge in [-0.2, -0.15) is 13.2 Å². The molecule has 0 aliphatic heterocycles. The molecule has 1 aliphatic carbocycles. The molecule has 0 spiro atoms. The Morgan fingerprint density at radius 2 is 1.86 bits per heavy atom.